The van der Waals surface area contributed by atoms with Gasteiger partial charge in [-0.3, -0.25) is 9.59 Å². The third kappa shape index (κ3) is 4.43. The molecule has 1 heterocycles. The average molecular weight is 296 g/mol. The number of carbonyl (C=O) groups excluding carboxylic acids is 2. The summed E-state index contributed by atoms with van der Waals surface area (Å²) in [5, 5.41) is 6.33. The first kappa shape index (κ1) is 16.3. The van der Waals surface area contributed by atoms with Crippen LogP contribution in [0.4, 0.5) is 0 Å². The van der Waals surface area contributed by atoms with E-state index >= 15 is 0 Å². The van der Waals surface area contributed by atoms with E-state index in [1.54, 1.807) is 0 Å². The summed E-state index contributed by atoms with van der Waals surface area (Å²) in [6.07, 6.45) is 6.14. The van der Waals surface area contributed by atoms with E-state index in [9.17, 15) is 9.59 Å². The molecule has 0 aromatic heterocycles. The van der Waals surface area contributed by atoms with Crippen LogP contribution in [0.3, 0.4) is 0 Å². The van der Waals surface area contributed by atoms with Crippen molar-refractivity contribution in [2.24, 2.45) is 17.8 Å². The molecule has 120 valence electrons. The molecule has 0 aromatic carbocycles. The lowest BCUT2D eigenvalue weighted by Crippen LogP contribution is -2.52. The first-order valence-corrected chi connectivity index (χ1v) is 8.19. The minimum Gasteiger partial charge on any atom is -0.469 e. The molecule has 2 rings (SSSR count). The predicted molar refractivity (Wildman–Crippen MR) is 80.7 cm³/mol. The molecule has 21 heavy (non-hydrogen) atoms. The Morgan fingerprint density at radius 2 is 1.86 bits per heavy atom. The van der Waals surface area contributed by atoms with Crippen molar-refractivity contribution in [1.29, 1.82) is 0 Å². The molecule has 0 spiro atoms. The maximum absolute atomic E-state index is 12.4. The zero-order valence-electron chi connectivity index (χ0n) is 13.2. The van der Waals surface area contributed by atoms with E-state index in [4.69, 9.17) is 4.74 Å². The van der Waals surface area contributed by atoms with Gasteiger partial charge in [0.05, 0.1) is 13.5 Å². The van der Waals surface area contributed by atoms with E-state index in [0.29, 0.717) is 18.3 Å². The van der Waals surface area contributed by atoms with E-state index in [2.05, 4.69) is 10.6 Å². The summed E-state index contributed by atoms with van der Waals surface area (Å²) in [5.41, 5.74) is 0. The zero-order valence-corrected chi connectivity index (χ0v) is 13.2. The second-order valence-electron chi connectivity index (χ2n) is 6.50. The fourth-order valence-corrected chi connectivity index (χ4v) is 3.33. The van der Waals surface area contributed by atoms with Gasteiger partial charge in [0.1, 0.15) is 0 Å². The molecule has 1 saturated carbocycles. The Balaban J connectivity index is 1.93. The van der Waals surface area contributed by atoms with Gasteiger partial charge in [-0.25, -0.2) is 0 Å². The van der Waals surface area contributed by atoms with Crippen molar-refractivity contribution in [3.05, 3.63) is 0 Å². The van der Waals surface area contributed by atoms with E-state index in [1.165, 1.54) is 26.4 Å². The molecule has 2 atom stereocenters. The molecule has 1 saturated heterocycles. The van der Waals surface area contributed by atoms with E-state index in [-0.39, 0.29) is 23.8 Å². The van der Waals surface area contributed by atoms with Crippen molar-refractivity contribution < 1.29 is 14.3 Å². The molecule has 2 unspecified atom stereocenters. The zero-order chi connectivity index (χ0) is 15.2. The molecule has 2 aliphatic rings. The van der Waals surface area contributed by atoms with E-state index in [0.717, 1.165) is 25.9 Å². The van der Waals surface area contributed by atoms with Crippen LogP contribution in [-0.4, -0.2) is 38.1 Å². The molecule has 2 fully saturated rings. The Bertz CT molecular complexity index is 363. The lowest BCUT2D eigenvalue weighted by atomic mass is 9.82. The molecule has 0 aromatic rings. The number of rotatable bonds is 6. The Labute approximate surface area is 127 Å². The summed E-state index contributed by atoms with van der Waals surface area (Å²) in [7, 11) is 1.41. The number of hydrogen-bond acceptors (Lipinski definition) is 4. The van der Waals surface area contributed by atoms with Gasteiger partial charge in [-0.05, 0) is 37.8 Å². The number of nitrogens with one attached hydrogen (secondary N) is 2. The highest BCUT2D eigenvalue weighted by Crippen LogP contribution is 2.28. The first-order valence-electron chi connectivity index (χ1n) is 8.19. The molecule has 5 heteroatoms. The topological polar surface area (TPSA) is 67.4 Å². The number of esters is 1. The molecule has 1 amide bonds. The maximum Gasteiger partial charge on any atom is 0.307 e. The Kier molecular flexibility index (Phi) is 6.03. The second kappa shape index (κ2) is 7.78. The lowest BCUT2D eigenvalue weighted by molar-refractivity contribution is -0.142. The maximum atomic E-state index is 12.4. The summed E-state index contributed by atoms with van der Waals surface area (Å²) in [6, 6.07) is -0.0688. The summed E-state index contributed by atoms with van der Waals surface area (Å²) in [5.74, 6) is 0.698. The van der Waals surface area contributed by atoms with Crippen LogP contribution in [0.15, 0.2) is 0 Å². The third-order valence-corrected chi connectivity index (χ3v) is 5.09. The number of methoxy groups -OCH3 is 1. The van der Waals surface area contributed by atoms with Crippen LogP contribution in [0.1, 0.15) is 45.4 Å². The van der Waals surface area contributed by atoms with Crippen LogP contribution in [-0.2, 0) is 14.3 Å². The number of carbonyl (C=O) groups is 2. The van der Waals surface area contributed by atoms with Gasteiger partial charge >= 0.3 is 5.97 Å². The van der Waals surface area contributed by atoms with Gasteiger partial charge < -0.3 is 15.4 Å². The molecule has 0 bridgehead atoms. The van der Waals surface area contributed by atoms with Crippen LogP contribution in [0.2, 0.25) is 0 Å². The molecular weight excluding hydrogens is 268 g/mol. The van der Waals surface area contributed by atoms with Gasteiger partial charge in [0.2, 0.25) is 5.91 Å². The molecular formula is C16H28N2O3. The van der Waals surface area contributed by atoms with Gasteiger partial charge in [0, 0.05) is 12.0 Å². The predicted octanol–water partition coefficient (Wildman–Crippen LogP) is 1.47. The fourth-order valence-electron chi connectivity index (χ4n) is 3.33. The number of amides is 1. The highest BCUT2D eigenvalue weighted by molar-refractivity contribution is 5.80. The summed E-state index contributed by atoms with van der Waals surface area (Å²) >= 11 is 0. The SMILES string of the molecule is COC(=O)CC(NC(=O)C(C)C1CNC1)C1CCCCC1. The first-order chi connectivity index (χ1) is 10.1. The van der Waals surface area contributed by atoms with Crippen molar-refractivity contribution in [2.45, 2.75) is 51.5 Å². The van der Waals surface area contributed by atoms with Crippen LogP contribution in [0.5, 0.6) is 0 Å². The Morgan fingerprint density at radius 3 is 2.38 bits per heavy atom. The van der Waals surface area contributed by atoms with Crippen LogP contribution in [0.25, 0.3) is 0 Å². The van der Waals surface area contributed by atoms with Crippen molar-refractivity contribution in [3.63, 3.8) is 0 Å². The number of ether oxygens (including phenoxy) is 1. The van der Waals surface area contributed by atoms with Crippen molar-refractivity contribution in [2.75, 3.05) is 20.2 Å². The molecule has 0 radical (unpaired) electrons. The Hall–Kier alpha value is -1.10. The summed E-state index contributed by atoms with van der Waals surface area (Å²) < 4.78 is 4.79. The third-order valence-electron chi connectivity index (χ3n) is 5.09. The minimum absolute atomic E-state index is 0.00925. The summed E-state index contributed by atoms with van der Waals surface area (Å²) in [6.45, 7) is 3.82. The second-order valence-corrected chi connectivity index (χ2v) is 6.50. The smallest absolute Gasteiger partial charge is 0.307 e. The highest BCUT2D eigenvalue weighted by Gasteiger charge is 2.32. The van der Waals surface area contributed by atoms with E-state index in [1.807, 2.05) is 6.92 Å². The van der Waals surface area contributed by atoms with Crippen LogP contribution in [0, 0.1) is 17.8 Å². The minimum atomic E-state index is -0.233. The molecule has 2 N–H and O–H groups in total. The van der Waals surface area contributed by atoms with Crippen molar-refractivity contribution >= 4 is 11.9 Å². The van der Waals surface area contributed by atoms with Gasteiger partial charge in [0.25, 0.3) is 0 Å². The largest absolute Gasteiger partial charge is 0.469 e. The van der Waals surface area contributed by atoms with Crippen LogP contribution < -0.4 is 10.6 Å². The molecule has 5 nitrogen and oxygen atoms in total. The lowest BCUT2D eigenvalue weighted by Gasteiger charge is -2.35. The monoisotopic (exact) mass is 296 g/mol. The molecule has 1 aliphatic heterocycles. The quantitative estimate of drug-likeness (QED) is 0.728. The normalized spacial score (nSPS) is 23.0. The van der Waals surface area contributed by atoms with Gasteiger partial charge in [-0.1, -0.05) is 26.2 Å². The highest BCUT2D eigenvalue weighted by atomic mass is 16.5. The standard InChI is InChI=1S/C16H28N2O3/c1-11(13-9-17-10-13)16(20)18-14(8-15(19)21-2)12-6-4-3-5-7-12/h11-14,17H,3-10H2,1-2H3,(H,18,20). The average Bonchev–Trinajstić information content (AvgIpc) is 2.45. The van der Waals surface area contributed by atoms with Crippen LogP contribution >= 0.6 is 0 Å². The van der Waals surface area contributed by atoms with Gasteiger partial charge in [-0.15, -0.1) is 0 Å². The summed E-state index contributed by atoms with van der Waals surface area (Å²) in [4.78, 5) is 24.0. The van der Waals surface area contributed by atoms with Crippen molar-refractivity contribution in [3.8, 4) is 0 Å². The Morgan fingerprint density at radius 1 is 1.19 bits per heavy atom. The van der Waals surface area contributed by atoms with Gasteiger partial charge in [0.15, 0.2) is 0 Å². The fraction of sp³-hybridized carbons (Fsp3) is 0.875. The number of hydrogen-bond donors (Lipinski definition) is 2. The van der Waals surface area contributed by atoms with E-state index < -0.39 is 0 Å². The van der Waals surface area contributed by atoms with Gasteiger partial charge in [-0.2, -0.15) is 0 Å². The van der Waals surface area contributed by atoms with Crippen molar-refractivity contribution in [1.82, 2.24) is 10.6 Å². The molecule has 1 aliphatic carbocycles.